The van der Waals surface area contributed by atoms with Crippen molar-refractivity contribution in [2.75, 3.05) is 26.2 Å². The van der Waals surface area contributed by atoms with E-state index in [2.05, 4.69) is 10.3 Å². The highest BCUT2D eigenvalue weighted by Gasteiger charge is 2.17. The van der Waals surface area contributed by atoms with Crippen molar-refractivity contribution in [3.05, 3.63) is 35.8 Å². The summed E-state index contributed by atoms with van der Waals surface area (Å²) in [6.07, 6.45) is 2.64. The fourth-order valence-corrected chi connectivity index (χ4v) is 2.50. The van der Waals surface area contributed by atoms with Crippen LogP contribution in [0, 0.1) is 5.82 Å². The van der Waals surface area contributed by atoms with E-state index in [1.807, 2.05) is 11.1 Å². The molecule has 1 aliphatic rings. The van der Waals surface area contributed by atoms with Crippen LogP contribution in [0.15, 0.2) is 24.4 Å². The number of carbonyl (C=O) groups is 1. The average molecular weight is 261 g/mol. The molecule has 0 bridgehead atoms. The molecule has 1 saturated heterocycles. The van der Waals surface area contributed by atoms with Crippen LogP contribution in [0.3, 0.4) is 0 Å². The van der Waals surface area contributed by atoms with Crippen LogP contribution in [-0.2, 0) is 11.2 Å². The molecule has 5 heteroatoms. The summed E-state index contributed by atoms with van der Waals surface area (Å²) in [6.45, 7) is 2.69. The predicted molar refractivity (Wildman–Crippen MR) is 71.4 cm³/mol. The Kier molecular flexibility index (Phi) is 3.21. The molecule has 0 atom stereocenters. The van der Waals surface area contributed by atoms with Gasteiger partial charge in [0.2, 0.25) is 5.91 Å². The zero-order chi connectivity index (χ0) is 13.2. The molecule has 0 spiro atoms. The van der Waals surface area contributed by atoms with Crippen molar-refractivity contribution in [3.8, 4) is 0 Å². The van der Waals surface area contributed by atoms with Gasteiger partial charge in [0.25, 0.3) is 0 Å². The molecule has 0 unspecified atom stereocenters. The summed E-state index contributed by atoms with van der Waals surface area (Å²) in [5, 5.41) is 3.95. The number of hydrogen-bond acceptors (Lipinski definition) is 2. The van der Waals surface area contributed by atoms with Crippen LogP contribution in [0.25, 0.3) is 10.9 Å². The lowest BCUT2D eigenvalue weighted by atomic mass is 10.1. The van der Waals surface area contributed by atoms with Gasteiger partial charge in [-0.05, 0) is 30.2 Å². The van der Waals surface area contributed by atoms with E-state index in [9.17, 15) is 9.18 Å². The molecule has 2 heterocycles. The summed E-state index contributed by atoms with van der Waals surface area (Å²) in [7, 11) is 0. The Morgan fingerprint density at radius 3 is 3.11 bits per heavy atom. The minimum Gasteiger partial charge on any atom is -0.361 e. The second-order valence-corrected chi connectivity index (χ2v) is 4.81. The lowest BCUT2D eigenvalue weighted by Gasteiger charge is -2.27. The molecular formula is C14H16FN3O. The third-order valence-electron chi connectivity index (χ3n) is 3.57. The number of halogens is 1. The molecule has 1 aromatic carbocycles. The second kappa shape index (κ2) is 5.01. The number of rotatable bonds is 3. The van der Waals surface area contributed by atoms with Gasteiger partial charge in [-0.15, -0.1) is 0 Å². The van der Waals surface area contributed by atoms with Crippen LogP contribution in [0.1, 0.15) is 5.56 Å². The highest BCUT2D eigenvalue weighted by atomic mass is 19.1. The van der Waals surface area contributed by atoms with Crippen molar-refractivity contribution in [2.24, 2.45) is 0 Å². The first-order chi connectivity index (χ1) is 9.24. The van der Waals surface area contributed by atoms with Gasteiger partial charge >= 0.3 is 0 Å². The number of benzene rings is 1. The number of nitrogens with one attached hydrogen (secondary N) is 2. The number of piperazine rings is 1. The van der Waals surface area contributed by atoms with Gasteiger partial charge < -0.3 is 15.2 Å². The smallest absolute Gasteiger partial charge is 0.236 e. The number of nitrogens with zero attached hydrogens (tertiary/aromatic N) is 1. The zero-order valence-electron chi connectivity index (χ0n) is 10.6. The standard InChI is InChI=1S/C14H16FN3O/c15-11-1-2-13-12(7-11)10(8-17-13)3-5-18-6-4-16-9-14(18)19/h1-2,7-8,16-17H,3-6,9H2. The highest BCUT2D eigenvalue weighted by molar-refractivity contribution is 5.83. The molecule has 1 fully saturated rings. The Morgan fingerprint density at radius 1 is 1.37 bits per heavy atom. The maximum atomic E-state index is 13.3. The Bertz CT molecular complexity index is 608. The van der Waals surface area contributed by atoms with Gasteiger partial charge in [-0.3, -0.25) is 4.79 Å². The van der Waals surface area contributed by atoms with Gasteiger partial charge in [0.1, 0.15) is 5.82 Å². The first-order valence-corrected chi connectivity index (χ1v) is 6.48. The van der Waals surface area contributed by atoms with E-state index in [-0.39, 0.29) is 11.7 Å². The van der Waals surface area contributed by atoms with Crippen LogP contribution in [0.2, 0.25) is 0 Å². The van der Waals surface area contributed by atoms with Crippen LogP contribution in [0.4, 0.5) is 4.39 Å². The largest absolute Gasteiger partial charge is 0.361 e. The number of aromatic nitrogens is 1. The van der Waals surface area contributed by atoms with Crippen molar-refractivity contribution in [1.29, 1.82) is 0 Å². The summed E-state index contributed by atoms with van der Waals surface area (Å²) in [5.41, 5.74) is 1.99. The van der Waals surface area contributed by atoms with Crippen molar-refractivity contribution in [1.82, 2.24) is 15.2 Å². The fourth-order valence-electron chi connectivity index (χ4n) is 2.50. The number of H-pyrrole nitrogens is 1. The lowest BCUT2D eigenvalue weighted by molar-refractivity contribution is -0.131. The Labute approximate surface area is 110 Å². The molecule has 0 aliphatic carbocycles. The van der Waals surface area contributed by atoms with Crippen LogP contribution >= 0.6 is 0 Å². The maximum Gasteiger partial charge on any atom is 0.236 e. The van der Waals surface area contributed by atoms with Gasteiger partial charge in [-0.25, -0.2) is 4.39 Å². The number of hydrogen-bond donors (Lipinski definition) is 2. The Balaban J connectivity index is 1.74. The zero-order valence-corrected chi connectivity index (χ0v) is 10.6. The fraction of sp³-hybridized carbons (Fsp3) is 0.357. The van der Waals surface area contributed by atoms with Crippen LogP contribution in [-0.4, -0.2) is 42.0 Å². The lowest BCUT2D eigenvalue weighted by Crippen LogP contribution is -2.48. The van der Waals surface area contributed by atoms with Crippen molar-refractivity contribution < 1.29 is 9.18 Å². The van der Waals surface area contributed by atoms with E-state index >= 15 is 0 Å². The molecular weight excluding hydrogens is 245 g/mol. The van der Waals surface area contributed by atoms with E-state index < -0.39 is 0 Å². The quantitative estimate of drug-likeness (QED) is 0.874. The minimum absolute atomic E-state index is 0.136. The van der Waals surface area contributed by atoms with E-state index in [1.165, 1.54) is 6.07 Å². The summed E-state index contributed by atoms with van der Waals surface area (Å²) in [5.74, 6) is -0.0936. The van der Waals surface area contributed by atoms with Crippen molar-refractivity contribution in [2.45, 2.75) is 6.42 Å². The van der Waals surface area contributed by atoms with Gasteiger partial charge in [0.15, 0.2) is 0 Å². The predicted octanol–water partition coefficient (Wildman–Crippen LogP) is 1.28. The first kappa shape index (κ1) is 12.2. The molecule has 0 saturated carbocycles. The normalized spacial score (nSPS) is 16.3. The highest BCUT2D eigenvalue weighted by Crippen LogP contribution is 2.20. The van der Waals surface area contributed by atoms with Gasteiger partial charge in [-0.2, -0.15) is 0 Å². The Morgan fingerprint density at radius 2 is 2.26 bits per heavy atom. The van der Waals surface area contributed by atoms with Crippen molar-refractivity contribution in [3.63, 3.8) is 0 Å². The molecule has 1 aromatic heterocycles. The average Bonchev–Trinajstić information content (AvgIpc) is 2.80. The third kappa shape index (κ3) is 2.46. The molecule has 2 aromatic rings. The summed E-state index contributed by atoms with van der Waals surface area (Å²) in [4.78, 5) is 16.7. The van der Waals surface area contributed by atoms with Crippen LogP contribution < -0.4 is 5.32 Å². The van der Waals surface area contributed by atoms with E-state index in [4.69, 9.17) is 0 Å². The monoisotopic (exact) mass is 261 g/mol. The minimum atomic E-state index is -0.230. The Hall–Kier alpha value is -1.88. The van der Waals surface area contributed by atoms with E-state index in [0.29, 0.717) is 13.1 Å². The second-order valence-electron chi connectivity index (χ2n) is 4.81. The number of fused-ring (bicyclic) bond motifs is 1. The van der Waals surface area contributed by atoms with Gasteiger partial charge in [-0.1, -0.05) is 0 Å². The number of aromatic amines is 1. The maximum absolute atomic E-state index is 13.3. The molecule has 3 rings (SSSR count). The molecule has 1 amide bonds. The molecule has 2 N–H and O–H groups in total. The first-order valence-electron chi connectivity index (χ1n) is 6.48. The molecule has 0 radical (unpaired) electrons. The van der Waals surface area contributed by atoms with E-state index in [1.54, 1.807) is 12.1 Å². The van der Waals surface area contributed by atoms with Gasteiger partial charge in [0, 0.05) is 36.7 Å². The SMILES string of the molecule is O=C1CNCCN1CCc1c[nH]c2ccc(F)cc12. The third-order valence-corrected chi connectivity index (χ3v) is 3.57. The summed E-state index contributed by atoms with van der Waals surface area (Å²) >= 11 is 0. The summed E-state index contributed by atoms with van der Waals surface area (Å²) < 4.78 is 13.3. The molecule has 100 valence electrons. The topological polar surface area (TPSA) is 48.1 Å². The number of amides is 1. The van der Waals surface area contributed by atoms with E-state index in [0.717, 1.165) is 36.0 Å². The molecule has 19 heavy (non-hydrogen) atoms. The summed E-state index contributed by atoms with van der Waals surface area (Å²) in [6, 6.07) is 4.73. The van der Waals surface area contributed by atoms with Crippen LogP contribution in [0.5, 0.6) is 0 Å². The molecule has 1 aliphatic heterocycles. The van der Waals surface area contributed by atoms with Gasteiger partial charge in [0.05, 0.1) is 6.54 Å². The van der Waals surface area contributed by atoms with Crippen molar-refractivity contribution >= 4 is 16.8 Å². The molecule has 4 nitrogen and oxygen atoms in total. The number of carbonyl (C=O) groups excluding carboxylic acids is 1.